The highest BCUT2D eigenvalue weighted by molar-refractivity contribution is 7.91. The zero-order chi connectivity index (χ0) is 17.2. The Morgan fingerprint density at radius 3 is 2.46 bits per heavy atom. The predicted molar refractivity (Wildman–Crippen MR) is 94.4 cm³/mol. The highest BCUT2D eigenvalue weighted by atomic mass is 32.2. The van der Waals surface area contributed by atoms with Gasteiger partial charge in [0.2, 0.25) is 5.91 Å². The summed E-state index contributed by atoms with van der Waals surface area (Å²) in [6.07, 6.45) is 0.314. The first-order valence-corrected chi connectivity index (χ1v) is 9.78. The smallest absolute Gasteiger partial charge is 0.227 e. The minimum absolute atomic E-state index is 0.0138. The molecular formula is C19H21NO3S. The van der Waals surface area contributed by atoms with E-state index in [9.17, 15) is 13.2 Å². The lowest BCUT2D eigenvalue weighted by Crippen LogP contribution is -2.46. The topological polar surface area (TPSA) is 54.5 Å². The predicted octanol–water partition coefficient (Wildman–Crippen LogP) is 2.54. The van der Waals surface area contributed by atoms with Crippen LogP contribution in [0.15, 0.2) is 54.6 Å². The van der Waals surface area contributed by atoms with Crippen LogP contribution in [0, 0.1) is 6.92 Å². The van der Waals surface area contributed by atoms with Gasteiger partial charge in [-0.15, -0.1) is 0 Å². The maximum absolute atomic E-state index is 12.6. The summed E-state index contributed by atoms with van der Waals surface area (Å²) in [7, 11) is -3.22. The molecule has 0 saturated carbocycles. The third-order valence-electron chi connectivity index (χ3n) is 4.59. The molecule has 24 heavy (non-hydrogen) atoms. The van der Waals surface area contributed by atoms with Gasteiger partial charge in [-0.1, -0.05) is 54.6 Å². The van der Waals surface area contributed by atoms with Crippen molar-refractivity contribution in [1.29, 1.82) is 0 Å². The number of sulfone groups is 1. The van der Waals surface area contributed by atoms with Gasteiger partial charge < -0.3 is 4.90 Å². The number of rotatable bonds is 3. The van der Waals surface area contributed by atoms with Crippen molar-refractivity contribution in [2.75, 3.05) is 18.8 Å². The van der Waals surface area contributed by atoms with Gasteiger partial charge in [-0.2, -0.15) is 0 Å². The molecule has 2 aromatic rings. The highest BCUT2D eigenvalue weighted by Crippen LogP contribution is 2.28. The molecule has 126 valence electrons. The van der Waals surface area contributed by atoms with Gasteiger partial charge in [0.05, 0.1) is 12.2 Å². The van der Waals surface area contributed by atoms with E-state index < -0.39 is 15.1 Å². The molecule has 0 N–H and O–H groups in total. The molecule has 2 aromatic carbocycles. The number of amides is 1. The number of nitrogens with zero attached hydrogens (tertiary/aromatic N) is 1. The van der Waals surface area contributed by atoms with E-state index in [1.165, 1.54) is 0 Å². The minimum Gasteiger partial charge on any atom is -0.340 e. The molecule has 0 aromatic heterocycles. The van der Waals surface area contributed by atoms with Gasteiger partial charge in [0.15, 0.2) is 9.84 Å². The van der Waals surface area contributed by atoms with E-state index in [1.807, 2.05) is 61.5 Å². The van der Waals surface area contributed by atoms with Crippen LogP contribution >= 0.6 is 0 Å². The third kappa shape index (κ3) is 3.51. The average molecular weight is 343 g/mol. The van der Waals surface area contributed by atoms with Gasteiger partial charge in [0.25, 0.3) is 0 Å². The largest absolute Gasteiger partial charge is 0.340 e. The van der Waals surface area contributed by atoms with Gasteiger partial charge in [0.1, 0.15) is 5.25 Å². The normalized spacial score (nSPS) is 19.9. The Bertz CT molecular complexity index is 831. The maximum atomic E-state index is 12.6. The Morgan fingerprint density at radius 1 is 1.08 bits per heavy atom. The molecule has 0 bridgehead atoms. The van der Waals surface area contributed by atoms with E-state index >= 15 is 0 Å². The van der Waals surface area contributed by atoms with E-state index in [2.05, 4.69) is 0 Å². The van der Waals surface area contributed by atoms with Crippen LogP contribution in [0.5, 0.6) is 0 Å². The summed E-state index contributed by atoms with van der Waals surface area (Å²) in [5.74, 6) is 0.00615. The molecule has 4 nitrogen and oxygen atoms in total. The van der Waals surface area contributed by atoms with Gasteiger partial charge in [-0.25, -0.2) is 8.42 Å². The van der Waals surface area contributed by atoms with Crippen LogP contribution < -0.4 is 0 Å². The Balaban J connectivity index is 1.78. The van der Waals surface area contributed by atoms with E-state index in [0.717, 1.165) is 16.7 Å². The van der Waals surface area contributed by atoms with Gasteiger partial charge in [0, 0.05) is 13.1 Å². The van der Waals surface area contributed by atoms with Crippen LogP contribution in [0.25, 0.3) is 0 Å². The van der Waals surface area contributed by atoms with Crippen molar-refractivity contribution in [3.8, 4) is 0 Å². The van der Waals surface area contributed by atoms with Crippen LogP contribution in [0.3, 0.4) is 0 Å². The summed E-state index contributed by atoms with van der Waals surface area (Å²) in [6.45, 7) is 2.49. The highest BCUT2D eigenvalue weighted by Gasteiger charge is 2.35. The molecule has 0 spiro atoms. The van der Waals surface area contributed by atoms with Crippen molar-refractivity contribution in [1.82, 2.24) is 4.90 Å². The SMILES string of the molecule is Cc1ccccc1CC(=O)N1CCS(=O)(=O)C(c2ccccc2)C1. The van der Waals surface area contributed by atoms with Crippen molar-refractivity contribution in [3.05, 3.63) is 71.3 Å². The van der Waals surface area contributed by atoms with Crippen LogP contribution in [0.4, 0.5) is 0 Å². The third-order valence-corrected chi connectivity index (χ3v) is 6.63. The van der Waals surface area contributed by atoms with E-state index in [0.29, 0.717) is 6.42 Å². The number of aryl methyl sites for hydroxylation is 1. The first kappa shape index (κ1) is 16.7. The molecule has 1 heterocycles. The van der Waals surface area contributed by atoms with E-state index in [4.69, 9.17) is 0 Å². The van der Waals surface area contributed by atoms with E-state index in [-0.39, 0.29) is 24.7 Å². The van der Waals surface area contributed by atoms with E-state index in [1.54, 1.807) is 4.90 Å². The molecule has 1 unspecified atom stereocenters. The van der Waals surface area contributed by atoms with Crippen LogP contribution in [0.2, 0.25) is 0 Å². The lowest BCUT2D eigenvalue weighted by atomic mass is 10.0. The second-order valence-electron chi connectivity index (χ2n) is 6.21. The molecule has 3 rings (SSSR count). The summed E-state index contributed by atoms with van der Waals surface area (Å²) < 4.78 is 24.8. The second kappa shape index (κ2) is 6.77. The van der Waals surface area contributed by atoms with Crippen molar-refractivity contribution < 1.29 is 13.2 Å². The van der Waals surface area contributed by atoms with Crippen LogP contribution in [0.1, 0.15) is 21.9 Å². The first-order chi connectivity index (χ1) is 11.5. The summed E-state index contributed by atoms with van der Waals surface area (Å²) in [5, 5.41) is -0.631. The quantitative estimate of drug-likeness (QED) is 0.860. The molecule has 0 radical (unpaired) electrons. The summed E-state index contributed by atoms with van der Waals surface area (Å²) in [6, 6.07) is 17.0. The van der Waals surface area contributed by atoms with Crippen LogP contribution in [-0.2, 0) is 21.1 Å². The zero-order valence-corrected chi connectivity index (χ0v) is 14.5. The zero-order valence-electron chi connectivity index (χ0n) is 13.7. The average Bonchev–Trinajstić information content (AvgIpc) is 2.57. The van der Waals surface area contributed by atoms with Crippen LogP contribution in [-0.4, -0.2) is 38.1 Å². The number of hydrogen-bond donors (Lipinski definition) is 0. The lowest BCUT2D eigenvalue weighted by molar-refractivity contribution is -0.130. The van der Waals surface area contributed by atoms with Gasteiger partial charge in [-0.3, -0.25) is 4.79 Å². The minimum atomic E-state index is -3.22. The fourth-order valence-electron chi connectivity index (χ4n) is 3.07. The molecule has 1 saturated heterocycles. The summed E-state index contributed by atoms with van der Waals surface area (Å²) in [5.41, 5.74) is 2.83. The molecule has 1 fully saturated rings. The summed E-state index contributed by atoms with van der Waals surface area (Å²) >= 11 is 0. The first-order valence-electron chi connectivity index (χ1n) is 8.06. The fraction of sp³-hybridized carbons (Fsp3) is 0.316. The Hall–Kier alpha value is -2.14. The lowest BCUT2D eigenvalue weighted by Gasteiger charge is -2.33. The van der Waals surface area contributed by atoms with Gasteiger partial charge in [-0.05, 0) is 23.6 Å². The fourth-order valence-corrected chi connectivity index (χ4v) is 4.81. The standard InChI is InChI=1S/C19H21NO3S/c1-15-7-5-6-10-17(15)13-19(21)20-11-12-24(22,23)18(14-20)16-8-3-2-4-9-16/h2-10,18H,11-14H2,1H3. The van der Waals surface area contributed by atoms with Crippen molar-refractivity contribution in [3.63, 3.8) is 0 Å². The Kier molecular flexibility index (Phi) is 4.71. The molecule has 5 heteroatoms. The molecule has 1 aliphatic rings. The van der Waals surface area contributed by atoms with Gasteiger partial charge >= 0.3 is 0 Å². The monoisotopic (exact) mass is 343 g/mol. The Labute approximate surface area is 143 Å². The number of hydrogen-bond acceptors (Lipinski definition) is 3. The maximum Gasteiger partial charge on any atom is 0.227 e. The molecule has 1 atom stereocenters. The molecule has 1 amide bonds. The number of carbonyl (C=O) groups excluding carboxylic acids is 1. The summed E-state index contributed by atoms with van der Waals surface area (Å²) in [4.78, 5) is 14.3. The number of carbonyl (C=O) groups is 1. The molecule has 1 aliphatic heterocycles. The Morgan fingerprint density at radius 2 is 1.75 bits per heavy atom. The van der Waals surface area contributed by atoms with Crippen molar-refractivity contribution in [2.45, 2.75) is 18.6 Å². The molecular weight excluding hydrogens is 322 g/mol. The molecule has 0 aliphatic carbocycles. The number of benzene rings is 2. The van der Waals surface area contributed by atoms with Crippen molar-refractivity contribution in [2.24, 2.45) is 0 Å². The van der Waals surface area contributed by atoms with Crippen molar-refractivity contribution >= 4 is 15.7 Å². The second-order valence-corrected chi connectivity index (χ2v) is 8.51.